The topological polar surface area (TPSA) is 64.1 Å². The minimum atomic E-state index is -0.380. The number of ether oxygens (including phenoxy) is 1. The maximum absolute atomic E-state index is 12.0. The van der Waals surface area contributed by atoms with Crippen LogP contribution >= 0.6 is 23.2 Å². The van der Waals surface area contributed by atoms with Gasteiger partial charge >= 0.3 is 0 Å². The summed E-state index contributed by atoms with van der Waals surface area (Å²) in [5, 5.41) is 3.05. The zero-order valence-corrected chi connectivity index (χ0v) is 11.4. The van der Waals surface area contributed by atoms with Gasteiger partial charge in [-0.1, -0.05) is 11.6 Å². The summed E-state index contributed by atoms with van der Waals surface area (Å²) in [5.41, 5.74) is 0.726. The first-order chi connectivity index (χ1) is 9.10. The minimum absolute atomic E-state index is 0.109. The van der Waals surface area contributed by atoms with Gasteiger partial charge in [-0.15, -0.1) is 0 Å². The average Bonchev–Trinajstić information content (AvgIpc) is 2.42. The van der Waals surface area contributed by atoms with E-state index in [1.807, 2.05) is 0 Å². The highest BCUT2D eigenvalue weighted by Crippen LogP contribution is 2.22. The molecule has 0 unspecified atom stereocenters. The van der Waals surface area contributed by atoms with E-state index in [1.165, 1.54) is 19.5 Å². The van der Waals surface area contributed by atoms with Crippen LogP contribution in [0.25, 0.3) is 0 Å². The monoisotopic (exact) mass is 297 g/mol. The molecule has 1 aromatic carbocycles. The van der Waals surface area contributed by atoms with Crippen molar-refractivity contribution in [2.24, 2.45) is 0 Å². The fourth-order valence-electron chi connectivity index (χ4n) is 1.38. The number of nitrogens with zero attached hydrogens (tertiary/aromatic N) is 2. The third kappa shape index (κ3) is 3.33. The highest BCUT2D eigenvalue weighted by Gasteiger charge is 2.12. The van der Waals surface area contributed by atoms with Crippen LogP contribution in [-0.2, 0) is 0 Å². The lowest BCUT2D eigenvalue weighted by Gasteiger charge is -2.08. The van der Waals surface area contributed by atoms with E-state index in [0.717, 1.165) is 0 Å². The van der Waals surface area contributed by atoms with Crippen LogP contribution < -0.4 is 10.1 Å². The number of rotatable bonds is 3. The fourth-order valence-corrected chi connectivity index (χ4v) is 1.68. The molecule has 7 heteroatoms. The van der Waals surface area contributed by atoms with Crippen molar-refractivity contribution >= 4 is 34.8 Å². The standard InChI is InChI=1S/C12H9Cl2N3O2/c1-19-8-2-3-10(13)9(4-8)11(18)17-7-5-15-12(14)16-6-7/h2-6H,1H3,(H,17,18). The molecule has 0 radical (unpaired) electrons. The van der Waals surface area contributed by atoms with Crippen LogP contribution in [0.4, 0.5) is 5.69 Å². The molecule has 2 aromatic rings. The van der Waals surface area contributed by atoms with Crippen LogP contribution in [0.5, 0.6) is 5.75 Å². The van der Waals surface area contributed by atoms with Gasteiger partial charge in [0.05, 0.1) is 35.8 Å². The van der Waals surface area contributed by atoms with E-state index in [1.54, 1.807) is 18.2 Å². The molecule has 0 spiro atoms. The van der Waals surface area contributed by atoms with Gasteiger partial charge in [0.15, 0.2) is 0 Å². The molecule has 0 fully saturated rings. The molecule has 1 N–H and O–H groups in total. The SMILES string of the molecule is COc1ccc(Cl)c(C(=O)Nc2cnc(Cl)nc2)c1. The van der Waals surface area contributed by atoms with E-state index in [0.29, 0.717) is 22.0 Å². The molecule has 1 heterocycles. The molecule has 1 aromatic heterocycles. The highest BCUT2D eigenvalue weighted by molar-refractivity contribution is 6.34. The number of hydrogen-bond donors (Lipinski definition) is 1. The van der Waals surface area contributed by atoms with Crippen molar-refractivity contribution in [1.29, 1.82) is 0 Å². The van der Waals surface area contributed by atoms with Crippen LogP contribution in [0, 0.1) is 0 Å². The summed E-state index contributed by atoms with van der Waals surface area (Å²) in [6.45, 7) is 0. The van der Waals surface area contributed by atoms with Gasteiger partial charge in [0.1, 0.15) is 5.75 Å². The Balaban J connectivity index is 2.22. The predicted molar refractivity (Wildman–Crippen MR) is 73.0 cm³/mol. The van der Waals surface area contributed by atoms with Crippen molar-refractivity contribution in [1.82, 2.24) is 9.97 Å². The Hall–Kier alpha value is -1.85. The van der Waals surface area contributed by atoms with Crippen LogP contribution in [0.2, 0.25) is 10.3 Å². The summed E-state index contributed by atoms with van der Waals surface area (Å²) in [7, 11) is 1.51. The number of aromatic nitrogens is 2. The second kappa shape index (κ2) is 5.86. The molecular weight excluding hydrogens is 289 g/mol. The summed E-state index contributed by atoms with van der Waals surface area (Å²) in [6, 6.07) is 4.81. The largest absolute Gasteiger partial charge is 0.497 e. The first-order valence-electron chi connectivity index (χ1n) is 5.22. The zero-order chi connectivity index (χ0) is 13.8. The lowest BCUT2D eigenvalue weighted by Crippen LogP contribution is -2.13. The molecule has 19 heavy (non-hydrogen) atoms. The van der Waals surface area contributed by atoms with E-state index in [2.05, 4.69) is 15.3 Å². The highest BCUT2D eigenvalue weighted by atomic mass is 35.5. The number of amides is 1. The van der Waals surface area contributed by atoms with Gasteiger partial charge in [-0.05, 0) is 29.8 Å². The number of methoxy groups -OCH3 is 1. The molecule has 0 atom stereocenters. The zero-order valence-electron chi connectivity index (χ0n) is 9.85. The molecule has 0 aliphatic rings. The number of nitrogens with one attached hydrogen (secondary N) is 1. The van der Waals surface area contributed by atoms with E-state index >= 15 is 0 Å². The number of carbonyl (C=O) groups excluding carboxylic acids is 1. The van der Waals surface area contributed by atoms with E-state index < -0.39 is 0 Å². The Labute approximate surface area is 119 Å². The van der Waals surface area contributed by atoms with Crippen LogP contribution in [0.3, 0.4) is 0 Å². The summed E-state index contributed by atoms with van der Waals surface area (Å²) in [4.78, 5) is 19.6. The van der Waals surface area contributed by atoms with Gasteiger partial charge in [-0.2, -0.15) is 0 Å². The molecule has 0 aliphatic heterocycles. The molecule has 0 saturated carbocycles. The fraction of sp³-hybridized carbons (Fsp3) is 0.0833. The van der Waals surface area contributed by atoms with Crippen LogP contribution in [0.1, 0.15) is 10.4 Å². The lowest BCUT2D eigenvalue weighted by atomic mass is 10.2. The number of benzene rings is 1. The summed E-state index contributed by atoms with van der Waals surface area (Å²) >= 11 is 11.5. The second-order valence-electron chi connectivity index (χ2n) is 3.54. The van der Waals surface area contributed by atoms with Crippen molar-refractivity contribution in [3.8, 4) is 5.75 Å². The second-order valence-corrected chi connectivity index (χ2v) is 4.29. The first kappa shape index (κ1) is 13.6. The van der Waals surface area contributed by atoms with Crippen molar-refractivity contribution in [2.45, 2.75) is 0 Å². The first-order valence-corrected chi connectivity index (χ1v) is 5.98. The van der Waals surface area contributed by atoms with E-state index in [4.69, 9.17) is 27.9 Å². The molecule has 98 valence electrons. The van der Waals surface area contributed by atoms with Gasteiger partial charge in [0.25, 0.3) is 5.91 Å². The molecule has 0 saturated heterocycles. The normalized spacial score (nSPS) is 10.1. The van der Waals surface area contributed by atoms with Gasteiger partial charge in [-0.25, -0.2) is 9.97 Å². The van der Waals surface area contributed by atoms with Gasteiger partial charge in [-0.3, -0.25) is 4.79 Å². The Bertz CT molecular complexity index is 602. The van der Waals surface area contributed by atoms with Crippen molar-refractivity contribution < 1.29 is 9.53 Å². The molecule has 2 rings (SSSR count). The van der Waals surface area contributed by atoms with E-state index in [9.17, 15) is 4.79 Å². The van der Waals surface area contributed by atoms with Gasteiger partial charge < -0.3 is 10.1 Å². The minimum Gasteiger partial charge on any atom is -0.497 e. The average molecular weight is 298 g/mol. The van der Waals surface area contributed by atoms with Crippen LogP contribution in [0.15, 0.2) is 30.6 Å². The molecular formula is C12H9Cl2N3O2. The Morgan fingerprint density at radius 2 is 1.95 bits per heavy atom. The van der Waals surface area contributed by atoms with Crippen molar-refractivity contribution in [3.63, 3.8) is 0 Å². The maximum atomic E-state index is 12.0. The molecule has 0 bridgehead atoms. The van der Waals surface area contributed by atoms with Crippen LogP contribution in [-0.4, -0.2) is 23.0 Å². The van der Waals surface area contributed by atoms with Gasteiger partial charge in [0, 0.05) is 0 Å². The predicted octanol–water partition coefficient (Wildman–Crippen LogP) is 3.04. The summed E-state index contributed by atoms with van der Waals surface area (Å²) < 4.78 is 5.05. The van der Waals surface area contributed by atoms with Crippen molar-refractivity contribution in [3.05, 3.63) is 46.5 Å². The maximum Gasteiger partial charge on any atom is 0.257 e. The Morgan fingerprint density at radius 3 is 2.58 bits per heavy atom. The number of carbonyl (C=O) groups is 1. The smallest absolute Gasteiger partial charge is 0.257 e. The number of hydrogen-bond acceptors (Lipinski definition) is 4. The third-order valence-corrected chi connectivity index (χ3v) is 2.82. The number of halogens is 2. The van der Waals surface area contributed by atoms with E-state index in [-0.39, 0.29) is 11.2 Å². The molecule has 5 nitrogen and oxygen atoms in total. The van der Waals surface area contributed by atoms with Crippen molar-refractivity contribution in [2.75, 3.05) is 12.4 Å². The summed E-state index contributed by atoms with van der Waals surface area (Å²) in [6.07, 6.45) is 2.81. The quantitative estimate of drug-likeness (QED) is 0.885. The molecule has 0 aliphatic carbocycles. The Morgan fingerprint density at radius 1 is 1.26 bits per heavy atom. The summed E-state index contributed by atoms with van der Waals surface area (Å²) in [5.74, 6) is 0.164. The third-order valence-electron chi connectivity index (χ3n) is 2.30. The number of anilines is 1. The Kier molecular flexibility index (Phi) is 4.19. The van der Waals surface area contributed by atoms with Gasteiger partial charge in [0.2, 0.25) is 5.28 Å². The molecule has 1 amide bonds. The lowest BCUT2D eigenvalue weighted by molar-refractivity contribution is 0.102.